The molecule has 3 nitrogen and oxygen atoms in total. The van der Waals surface area contributed by atoms with Crippen LogP contribution in [0.5, 0.6) is 0 Å². The van der Waals surface area contributed by atoms with Crippen molar-refractivity contribution < 1.29 is 4.79 Å². The minimum Gasteiger partial charge on any atom is -0.349 e. The van der Waals surface area contributed by atoms with E-state index in [4.69, 9.17) is 17.3 Å². The maximum absolute atomic E-state index is 12.2. The average Bonchev–Trinajstić information content (AvgIpc) is 2.90. The van der Waals surface area contributed by atoms with Crippen LogP contribution < -0.4 is 11.1 Å². The minimum absolute atomic E-state index is 0.0100. The summed E-state index contributed by atoms with van der Waals surface area (Å²) in [7, 11) is 0. The SMILES string of the molecule is NC(CC(=O)NC1CCc2cc(Cl)ccc21)c1ccccc1. The van der Waals surface area contributed by atoms with Gasteiger partial charge >= 0.3 is 0 Å². The largest absolute Gasteiger partial charge is 0.349 e. The third-order valence-corrected chi connectivity index (χ3v) is 4.39. The number of halogens is 1. The van der Waals surface area contributed by atoms with Crippen molar-refractivity contribution in [3.8, 4) is 0 Å². The van der Waals surface area contributed by atoms with Gasteiger partial charge in [0.2, 0.25) is 5.91 Å². The Labute approximate surface area is 135 Å². The van der Waals surface area contributed by atoms with Gasteiger partial charge in [-0.1, -0.05) is 48.0 Å². The summed E-state index contributed by atoms with van der Waals surface area (Å²) in [6.45, 7) is 0. The van der Waals surface area contributed by atoms with Gasteiger partial charge in [-0.15, -0.1) is 0 Å². The zero-order chi connectivity index (χ0) is 15.5. The molecule has 114 valence electrons. The first-order valence-corrected chi connectivity index (χ1v) is 7.89. The summed E-state index contributed by atoms with van der Waals surface area (Å²) >= 11 is 6.01. The van der Waals surface area contributed by atoms with Crippen LogP contribution >= 0.6 is 11.6 Å². The van der Waals surface area contributed by atoms with E-state index in [1.54, 1.807) is 0 Å². The maximum Gasteiger partial charge on any atom is 0.222 e. The molecule has 0 bridgehead atoms. The van der Waals surface area contributed by atoms with Gasteiger partial charge in [0.25, 0.3) is 0 Å². The van der Waals surface area contributed by atoms with E-state index in [1.165, 1.54) is 11.1 Å². The zero-order valence-corrected chi connectivity index (χ0v) is 13.0. The van der Waals surface area contributed by atoms with Gasteiger partial charge in [0.05, 0.1) is 6.04 Å². The number of hydrogen-bond donors (Lipinski definition) is 2. The molecule has 2 aromatic carbocycles. The molecule has 0 saturated carbocycles. The number of amides is 1. The molecule has 2 atom stereocenters. The molecule has 3 rings (SSSR count). The Morgan fingerprint density at radius 3 is 2.82 bits per heavy atom. The standard InChI is InChI=1S/C18H19ClN2O/c19-14-7-8-15-13(10-14)6-9-17(15)21-18(22)11-16(20)12-4-2-1-3-5-12/h1-5,7-8,10,16-17H,6,9,11,20H2,(H,21,22). The highest BCUT2D eigenvalue weighted by Gasteiger charge is 2.24. The van der Waals surface area contributed by atoms with Crippen LogP contribution in [0.3, 0.4) is 0 Å². The number of aryl methyl sites for hydroxylation is 1. The molecule has 1 amide bonds. The van der Waals surface area contributed by atoms with Gasteiger partial charge in [-0.3, -0.25) is 4.79 Å². The summed E-state index contributed by atoms with van der Waals surface area (Å²) < 4.78 is 0. The van der Waals surface area contributed by atoms with Gasteiger partial charge in [0, 0.05) is 17.5 Å². The van der Waals surface area contributed by atoms with Crippen LogP contribution in [-0.2, 0) is 11.2 Å². The third kappa shape index (κ3) is 3.32. The second kappa shape index (κ2) is 6.51. The van der Waals surface area contributed by atoms with E-state index in [0.717, 1.165) is 23.4 Å². The lowest BCUT2D eigenvalue weighted by Gasteiger charge is -2.17. The molecule has 0 aromatic heterocycles. The van der Waals surface area contributed by atoms with Crippen LogP contribution in [0.15, 0.2) is 48.5 Å². The molecule has 1 aliphatic rings. The number of hydrogen-bond acceptors (Lipinski definition) is 2. The van der Waals surface area contributed by atoms with Crippen molar-refractivity contribution in [3.63, 3.8) is 0 Å². The van der Waals surface area contributed by atoms with Crippen LogP contribution in [0.2, 0.25) is 5.02 Å². The normalized spacial score (nSPS) is 17.8. The maximum atomic E-state index is 12.2. The molecule has 22 heavy (non-hydrogen) atoms. The summed E-state index contributed by atoms with van der Waals surface area (Å²) in [6, 6.07) is 15.4. The van der Waals surface area contributed by atoms with Crippen molar-refractivity contribution in [1.29, 1.82) is 0 Å². The number of rotatable bonds is 4. The molecule has 1 aliphatic carbocycles. The Morgan fingerprint density at radius 1 is 1.27 bits per heavy atom. The lowest BCUT2D eigenvalue weighted by Crippen LogP contribution is -2.30. The first-order valence-electron chi connectivity index (χ1n) is 7.51. The lowest BCUT2D eigenvalue weighted by molar-refractivity contribution is -0.122. The van der Waals surface area contributed by atoms with Crippen molar-refractivity contribution in [2.75, 3.05) is 0 Å². The predicted octanol–water partition coefficient (Wildman–Crippen LogP) is 3.53. The van der Waals surface area contributed by atoms with E-state index in [9.17, 15) is 4.79 Å². The van der Waals surface area contributed by atoms with Crippen LogP contribution in [0.1, 0.15) is 41.6 Å². The quantitative estimate of drug-likeness (QED) is 0.907. The first-order chi connectivity index (χ1) is 10.6. The molecule has 0 aliphatic heterocycles. The fourth-order valence-electron chi connectivity index (χ4n) is 3.01. The first kappa shape index (κ1) is 15.1. The van der Waals surface area contributed by atoms with E-state index >= 15 is 0 Å². The van der Waals surface area contributed by atoms with Gasteiger partial charge in [-0.05, 0) is 41.7 Å². The van der Waals surface area contributed by atoms with Gasteiger partial charge in [0.15, 0.2) is 0 Å². The Kier molecular flexibility index (Phi) is 4.46. The predicted molar refractivity (Wildman–Crippen MR) is 88.6 cm³/mol. The summed E-state index contributed by atoms with van der Waals surface area (Å²) in [5, 5.41) is 3.84. The Bertz CT molecular complexity index is 672. The van der Waals surface area contributed by atoms with Crippen molar-refractivity contribution in [1.82, 2.24) is 5.32 Å². The molecular formula is C18H19ClN2O. The number of nitrogens with two attached hydrogens (primary N) is 1. The Morgan fingerprint density at radius 2 is 2.05 bits per heavy atom. The number of nitrogens with one attached hydrogen (secondary N) is 1. The van der Waals surface area contributed by atoms with Gasteiger partial charge in [-0.2, -0.15) is 0 Å². The Balaban J connectivity index is 1.62. The van der Waals surface area contributed by atoms with Gasteiger partial charge in [0.1, 0.15) is 0 Å². The molecule has 2 aromatic rings. The lowest BCUT2D eigenvalue weighted by atomic mass is 10.0. The van der Waals surface area contributed by atoms with Crippen molar-refractivity contribution in [2.45, 2.75) is 31.3 Å². The van der Waals surface area contributed by atoms with E-state index in [-0.39, 0.29) is 18.0 Å². The third-order valence-electron chi connectivity index (χ3n) is 4.15. The molecule has 0 saturated heterocycles. The fraction of sp³-hybridized carbons (Fsp3) is 0.278. The molecule has 0 fully saturated rings. The van der Waals surface area contributed by atoms with Gasteiger partial charge < -0.3 is 11.1 Å². The molecule has 0 spiro atoms. The van der Waals surface area contributed by atoms with Crippen LogP contribution in [-0.4, -0.2) is 5.91 Å². The van der Waals surface area contributed by atoms with Crippen LogP contribution in [0.25, 0.3) is 0 Å². The zero-order valence-electron chi connectivity index (χ0n) is 12.3. The smallest absolute Gasteiger partial charge is 0.222 e. The number of fused-ring (bicyclic) bond motifs is 1. The number of carbonyl (C=O) groups excluding carboxylic acids is 1. The molecule has 0 heterocycles. The molecule has 3 N–H and O–H groups in total. The average molecular weight is 315 g/mol. The summed E-state index contributed by atoms with van der Waals surface area (Å²) in [5.74, 6) is -0.0100. The minimum atomic E-state index is -0.271. The van der Waals surface area contributed by atoms with E-state index in [0.29, 0.717) is 6.42 Å². The molecular weight excluding hydrogens is 296 g/mol. The van der Waals surface area contributed by atoms with E-state index in [1.807, 2.05) is 48.5 Å². The second-order valence-corrected chi connectivity index (χ2v) is 6.16. The summed E-state index contributed by atoms with van der Waals surface area (Å²) in [6.07, 6.45) is 2.16. The van der Waals surface area contributed by atoms with Crippen LogP contribution in [0, 0.1) is 0 Å². The molecule has 4 heteroatoms. The van der Waals surface area contributed by atoms with Crippen molar-refractivity contribution in [3.05, 3.63) is 70.2 Å². The monoisotopic (exact) mass is 314 g/mol. The second-order valence-electron chi connectivity index (χ2n) is 5.72. The fourth-order valence-corrected chi connectivity index (χ4v) is 3.20. The van der Waals surface area contributed by atoms with E-state index < -0.39 is 0 Å². The van der Waals surface area contributed by atoms with E-state index in [2.05, 4.69) is 5.32 Å². The molecule has 2 unspecified atom stereocenters. The summed E-state index contributed by atoms with van der Waals surface area (Å²) in [4.78, 5) is 12.2. The Hall–Kier alpha value is -1.84. The van der Waals surface area contributed by atoms with Gasteiger partial charge in [-0.25, -0.2) is 0 Å². The molecule has 0 radical (unpaired) electrons. The van der Waals surface area contributed by atoms with Crippen LogP contribution in [0.4, 0.5) is 0 Å². The van der Waals surface area contributed by atoms with Crippen molar-refractivity contribution >= 4 is 17.5 Å². The van der Waals surface area contributed by atoms with Crippen molar-refractivity contribution in [2.24, 2.45) is 5.73 Å². The highest BCUT2D eigenvalue weighted by molar-refractivity contribution is 6.30. The number of carbonyl (C=O) groups is 1. The number of benzene rings is 2. The summed E-state index contributed by atoms with van der Waals surface area (Å²) in [5.41, 5.74) is 9.49. The topological polar surface area (TPSA) is 55.1 Å². The highest BCUT2D eigenvalue weighted by Crippen LogP contribution is 2.33. The highest BCUT2D eigenvalue weighted by atomic mass is 35.5.